The topological polar surface area (TPSA) is 74.8 Å². The third-order valence-corrected chi connectivity index (χ3v) is 3.99. The number of nitrogens with zero attached hydrogens (tertiary/aromatic N) is 1. The van der Waals surface area contributed by atoms with Gasteiger partial charge in [-0.2, -0.15) is 0 Å². The Morgan fingerprint density at radius 2 is 1.92 bits per heavy atom. The first-order valence-corrected chi connectivity index (χ1v) is 7.86. The number of carbonyl (C=O) groups excluding carboxylic acids is 1. The Balaban J connectivity index is 1.75. The fourth-order valence-electron chi connectivity index (χ4n) is 2.83. The molecular weight excluding hydrogens is 302 g/mol. The van der Waals surface area contributed by atoms with Gasteiger partial charge in [-0.15, -0.1) is 0 Å². The third-order valence-electron chi connectivity index (χ3n) is 3.99. The van der Waals surface area contributed by atoms with E-state index in [1.54, 1.807) is 24.5 Å². The maximum atomic E-state index is 12.2. The molecule has 2 heterocycles. The van der Waals surface area contributed by atoms with Crippen LogP contribution in [0.25, 0.3) is 10.9 Å². The van der Waals surface area contributed by atoms with Crippen LogP contribution in [0.1, 0.15) is 27.0 Å². The summed E-state index contributed by atoms with van der Waals surface area (Å²) in [4.78, 5) is 31.1. The maximum absolute atomic E-state index is 12.2. The van der Waals surface area contributed by atoms with Crippen molar-refractivity contribution in [1.29, 1.82) is 0 Å². The number of benzene rings is 1. The molecule has 1 aromatic carbocycles. The van der Waals surface area contributed by atoms with Gasteiger partial charge < -0.3 is 10.3 Å². The Labute approximate surface area is 139 Å². The number of amides is 1. The molecule has 2 aromatic heterocycles. The van der Waals surface area contributed by atoms with Crippen LogP contribution < -0.4 is 10.9 Å². The second kappa shape index (κ2) is 6.66. The summed E-state index contributed by atoms with van der Waals surface area (Å²) in [6.07, 6.45) is 3.64. The molecular formula is C19H19N3O2. The van der Waals surface area contributed by atoms with Crippen LogP contribution in [-0.2, 0) is 6.42 Å². The van der Waals surface area contributed by atoms with E-state index in [4.69, 9.17) is 0 Å². The molecule has 0 aliphatic rings. The van der Waals surface area contributed by atoms with Crippen molar-refractivity contribution in [1.82, 2.24) is 15.3 Å². The SMILES string of the molecule is Cc1cc(C)c2[nH]c(=O)c(CCNC(=O)c3ccncc3)cc2c1. The number of nitrogens with one attached hydrogen (secondary N) is 2. The number of pyridine rings is 2. The average molecular weight is 321 g/mol. The van der Waals surface area contributed by atoms with E-state index < -0.39 is 0 Å². The van der Waals surface area contributed by atoms with E-state index in [1.807, 2.05) is 26.0 Å². The molecule has 0 bridgehead atoms. The van der Waals surface area contributed by atoms with E-state index in [9.17, 15) is 9.59 Å². The fraction of sp³-hybridized carbons (Fsp3) is 0.211. The summed E-state index contributed by atoms with van der Waals surface area (Å²) in [6, 6.07) is 9.32. The van der Waals surface area contributed by atoms with Gasteiger partial charge in [-0.25, -0.2) is 0 Å². The van der Waals surface area contributed by atoms with Crippen molar-refractivity contribution in [3.8, 4) is 0 Å². The molecule has 5 nitrogen and oxygen atoms in total. The number of rotatable bonds is 4. The van der Waals surface area contributed by atoms with Crippen molar-refractivity contribution in [2.24, 2.45) is 0 Å². The minimum atomic E-state index is -0.165. The zero-order chi connectivity index (χ0) is 17.1. The highest BCUT2D eigenvalue weighted by molar-refractivity contribution is 5.93. The molecule has 2 N–H and O–H groups in total. The van der Waals surface area contributed by atoms with Gasteiger partial charge >= 0.3 is 0 Å². The minimum Gasteiger partial charge on any atom is -0.352 e. The highest BCUT2D eigenvalue weighted by Crippen LogP contribution is 2.18. The molecule has 0 spiro atoms. The summed E-state index contributed by atoms with van der Waals surface area (Å²) in [5.41, 5.74) is 4.21. The number of fused-ring (bicyclic) bond motifs is 1. The lowest BCUT2D eigenvalue weighted by atomic mass is 10.0. The molecule has 0 radical (unpaired) electrons. The molecule has 122 valence electrons. The van der Waals surface area contributed by atoms with Crippen LogP contribution >= 0.6 is 0 Å². The zero-order valence-corrected chi connectivity index (χ0v) is 13.7. The van der Waals surface area contributed by atoms with Crippen molar-refractivity contribution in [2.45, 2.75) is 20.3 Å². The second-order valence-electron chi connectivity index (χ2n) is 5.91. The lowest BCUT2D eigenvalue weighted by molar-refractivity contribution is 0.0954. The van der Waals surface area contributed by atoms with Crippen molar-refractivity contribution in [3.63, 3.8) is 0 Å². The van der Waals surface area contributed by atoms with Gasteiger partial charge in [0.15, 0.2) is 0 Å². The Hall–Kier alpha value is -2.95. The molecule has 0 saturated heterocycles. The number of hydrogen-bond donors (Lipinski definition) is 2. The van der Waals surface area contributed by atoms with Gasteiger partial charge in [0.05, 0.1) is 5.52 Å². The van der Waals surface area contributed by atoms with Crippen LogP contribution in [0, 0.1) is 13.8 Å². The summed E-state index contributed by atoms with van der Waals surface area (Å²) in [6.45, 7) is 4.42. The number of aromatic nitrogens is 2. The first-order chi connectivity index (χ1) is 11.5. The van der Waals surface area contributed by atoms with Crippen molar-refractivity contribution in [3.05, 3.63) is 75.3 Å². The third kappa shape index (κ3) is 3.35. The molecule has 5 heteroatoms. The Kier molecular flexibility index (Phi) is 4.42. The van der Waals surface area contributed by atoms with Crippen LogP contribution in [0.2, 0.25) is 0 Å². The molecule has 3 rings (SSSR count). The number of aryl methyl sites for hydroxylation is 2. The summed E-state index contributed by atoms with van der Waals surface area (Å²) >= 11 is 0. The van der Waals surface area contributed by atoms with Crippen molar-refractivity contribution in [2.75, 3.05) is 6.54 Å². The molecule has 0 fully saturated rings. The standard InChI is InChI=1S/C19H19N3O2/c1-12-9-13(2)17-16(10-12)11-15(19(24)22-17)5-8-21-18(23)14-3-6-20-7-4-14/h3-4,6-7,9-11H,5,8H2,1-2H3,(H,21,23)(H,22,24). The summed E-state index contributed by atoms with van der Waals surface area (Å²) in [5, 5.41) is 3.84. The lowest BCUT2D eigenvalue weighted by Crippen LogP contribution is -2.27. The normalized spacial score (nSPS) is 10.8. The van der Waals surface area contributed by atoms with Gasteiger partial charge in [-0.3, -0.25) is 14.6 Å². The first-order valence-electron chi connectivity index (χ1n) is 7.86. The van der Waals surface area contributed by atoms with Crippen LogP contribution in [0.5, 0.6) is 0 Å². The van der Waals surface area contributed by atoms with Gasteiger partial charge in [-0.1, -0.05) is 11.6 Å². The Bertz CT molecular complexity index is 946. The van der Waals surface area contributed by atoms with Gasteiger partial charge in [0.1, 0.15) is 0 Å². The lowest BCUT2D eigenvalue weighted by Gasteiger charge is -2.08. The maximum Gasteiger partial charge on any atom is 0.251 e. The van der Waals surface area contributed by atoms with Gasteiger partial charge in [-0.05, 0) is 55.5 Å². The first kappa shape index (κ1) is 15.9. The van der Waals surface area contributed by atoms with E-state index in [0.717, 1.165) is 22.0 Å². The van der Waals surface area contributed by atoms with Crippen molar-refractivity contribution < 1.29 is 4.79 Å². The van der Waals surface area contributed by atoms with Crippen molar-refractivity contribution >= 4 is 16.8 Å². The largest absolute Gasteiger partial charge is 0.352 e. The number of aromatic amines is 1. The molecule has 3 aromatic rings. The van der Waals surface area contributed by atoms with Crippen LogP contribution in [0.3, 0.4) is 0 Å². The summed E-state index contributed by atoms with van der Waals surface area (Å²) in [7, 11) is 0. The number of carbonyl (C=O) groups is 1. The smallest absolute Gasteiger partial charge is 0.251 e. The molecule has 0 saturated carbocycles. The number of hydrogen-bond acceptors (Lipinski definition) is 3. The Morgan fingerprint density at radius 3 is 2.67 bits per heavy atom. The highest BCUT2D eigenvalue weighted by atomic mass is 16.1. The monoisotopic (exact) mass is 321 g/mol. The molecule has 0 aliphatic carbocycles. The van der Waals surface area contributed by atoms with Gasteiger partial charge in [0.25, 0.3) is 11.5 Å². The predicted molar refractivity (Wildman–Crippen MR) is 94.3 cm³/mol. The average Bonchev–Trinajstić information content (AvgIpc) is 2.57. The minimum absolute atomic E-state index is 0.104. The second-order valence-corrected chi connectivity index (χ2v) is 5.91. The van der Waals surface area contributed by atoms with E-state index in [-0.39, 0.29) is 11.5 Å². The van der Waals surface area contributed by atoms with Crippen LogP contribution in [0.15, 0.2) is 47.5 Å². The fourth-order valence-corrected chi connectivity index (χ4v) is 2.83. The van der Waals surface area contributed by atoms with E-state index in [0.29, 0.717) is 24.1 Å². The molecule has 0 atom stereocenters. The van der Waals surface area contributed by atoms with Gasteiger partial charge in [0.2, 0.25) is 0 Å². The van der Waals surface area contributed by atoms with Crippen LogP contribution in [0.4, 0.5) is 0 Å². The summed E-state index contributed by atoms with van der Waals surface area (Å²) < 4.78 is 0. The highest BCUT2D eigenvalue weighted by Gasteiger charge is 2.08. The van der Waals surface area contributed by atoms with E-state index >= 15 is 0 Å². The predicted octanol–water partition coefficient (Wildman–Crippen LogP) is 2.51. The van der Waals surface area contributed by atoms with E-state index in [1.165, 1.54) is 0 Å². The zero-order valence-electron chi connectivity index (χ0n) is 13.7. The quantitative estimate of drug-likeness (QED) is 0.775. The molecule has 1 amide bonds. The molecule has 0 aliphatic heterocycles. The Morgan fingerprint density at radius 1 is 1.17 bits per heavy atom. The molecule has 0 unspecified atom stereocenters. The van der Waals surface area contributed by atoms with Gasteiger partial charge in [0, 0.05) is 30.1 Å². The number of H-pyrrole nitrogens is 1. The van der Waals surface area contributed by atoms with E-state index in [2.05, 4.69) is 21.4 Å². The summed E-state index contributed by atoms with van der Waals surface area (Å²) in [5.74, 6) is -0.165. The van der Waals surface area contributed by atoms with Crippen LogP contribution in [-0.4, -0.2) is 22.4 Å². The molecule has 24 heavy (non-hydrogen) atoms.